The molecule has 0 aliphatic rings. The molecule has 0 aliphatic carbocycles. The third kappa shape index (κ3) is 3.90. The Morgan fingerprint density at radius 2 is 1.90 bits per heavy atom. The molecule has 4 rings (SSSR count). The fraction of sp³-hybridized carbons (Fsp3) is 0.222. The molecule has 2 heterocycles. The van der Waals surface area contributed by atoms with E-state index < -0.39 is 20.5 Å². The summed E-state index contributed by atoms with van der Waals surface area (Å²) in [7, 11) is -3.90. The summed E-state index contributed by atoms with van der Waals surface area (Å²) in [6.45, 7) is 5.10. The van der Waals surface area contributed by atoms with Crippen molar-refractivity contribution >= 4 is 54.0 Å². The van der Waals surface area contributed by atoms with Gasteiger partial charge in [0.1, 0.15) is 0 Å². The molecule has 30 heavy (non-hydrogen) atoms. The molecule has 2 aromatic carbocycles. The van der Waals surface area contributed by atoms with Gasteiger partial charge in [0.05, 0.1) is 24.9 Å². The maximum absolute atomic E-state index is 12.6. The number of nitro benzene ring substituents is 1. The Morgan fingerprint density at radius 1 is 1.17 bits per heavy atom. The van der Waals surface area contributed by atoms with Gasteiger partial charge in [-0.2, -0.15) is 0 Å². The number of benzene rings is 2. The van der Waals surface area contributed by atoms with Crippen molar-refractivity contribution in [2.45, 2.75) is 41.3 Å². The lowest BCUT2D eigenvalue weighted by Crippen LogP contribution is -2.40. The molecule has 12 heteroatoms. The number of para-hydroxylation sites is 1. The average molecular weight is 464 g/mol. The highest BCUT2D eigenvalue weighted by Crippen LogP contribution is 2.38. The van der Waals surface area contributed by atoms with Crippen LogP contribution in [0.15, 0.2) is 57.4 Å². The molecule has 1 N–H and O–H groups in total. The first-order chi connectivity index (χ1) is 14.0. The fourth-order valence-corrected chi connectivity index (χ4v) is 6.26. The third-order valence-corrected chi connectivity index (χ3v) is 7.77. The molecule has 4 aromatic rings. The fourth-order valence-electron chi connectivity index (χ4n) is 2.88. The van der Waals surface area contributed by atoms with E-state index in [0.717, 1.165) is 28.0 Å². The molecule has 0 saturated carbocycles. The molecular weight excluding hydrogens is 446 g/mol. The number of fused-ring (bicyclic) bond motifs is 3. The van der Waals surface area contributed by atoms with Crippen LogP contribution in [0.25, 0.3) is 15.2 Å². The Bertz CT molecular complexity index is 1390. The predicted molar refractivity (Wildman–Crippen MR) is 116 cm³/mol. The largest absolute Gasteiger partial charge is 0.284 e. The number of rotatable bonds is 5. The normalized spacial score (nSPS) is 12.6. The number of aromatic nitrogens is 3. The first-order valence-electron chi connectivity index (χ1n) is 8.78. The van der Waals surface area contributed by atoms with E-state index in [1.165, 1.54) is 23.5 Å². The summed E-state index contributed by atoms with van der Waals surface area (Å²) in [5.74, 6) is 0. The van der Waals surface area contributed by atoms with Crippen LogP contribution in [0.3, 0.4) is 0 Å². The number of nitrogens with one attached hydrogen (secondary N) is 1. The lowest BCUT2D eigenvalue weighted by Gasteiger charge is -2.20. The maximum atomic E-state index is 12.6. The predicted octanol–water partition coefficient (Wildman–Crippen LogP) is 4.08. The van der Waals surface area contributed by atoms with Gasteiger partial charge < -0.3 is 0 Å². The summed E-state index contributed by atoms with van der Waals surface area (Å²) in [5, 5.41) is 20.5. The molecule has 0 fully saturated rings. The highest BCUT2D eigenvalue weighted by atomic mass is 32.2. The molecule has 0 radical (unpaired) electrons. The van der Waals surface area contributed by atoms with E-state index in [4.69, 9.17) is 0 Å². The molecule has 156 valence electrons. The van der Waals surface area contributed by atoms with Crippen LogP contribution in [0.5, 0.6) is 0 Å². The molecule has 0 unspecified atom stereocenters. The number of nitrogens with zero attached hydrogens (tertiary/aromatic N) is 4. The van der Waals surface area contributed by atoms with Crippen molar-refractivity contribution in [1.82, 2.24) is 19.3 Å². The molecule has 9 nitrogen and oxygen atoms in total. The van der Waals surface area contributed by atoms with Crippen LogP contribution in [0, 0.1) is 10.1 Å². The molecule has 0 atom stereocenters. The number of hydrogen-bond acceptors (Lipinski definition) is 8. The van der Waals surface area contributed by atoms with E-state index in [1.54, 1.807) is 20.8 Å². The van der Waals surface area contributed by atoms with Crippen LogP contribution in [0.1, 0.15) is 20.8 Å². The standard InChI is InChI=1S/C18H17N5O4S3/c1-18(2,3)21-30(26,27)11-8-9-15(13(10-11)23(24)25)29-17-20-19-16-22(17)12-6-4-5-7-14(12)28-16/h4-10,21H,1-3H3. The topological polar surface area (TPSA) is 120 Å². The highest BCUT2D eigenvalue weighted by molar-refractivity contribution is 7.99. The van der Waals surface area contributed by atoms with Crippen molar-refractivity contribution in [3.05, 3.63) is 52.6 Å². The number of sulfonamides is 1. The van der Waals surface area contributed by atoms with E-state index in [-0.39, 0.29) is 15.5 Å². The number of nitro groups is 1. The minimum absolute atomic E-state index is 0.166. The summed E-state index contributed by atoms with van der Waals surface area (Å²) in [6.07, 6.45) is 0. The Labute approximate surface area is 180 Å². The summed E-state index contributed by atoms with van der Waals surface area (Å²) in [4.78, 5) is 11.9. The van der Waals surface area contributed by atoms with E-state index in [1.807, 2.05) is 28.7 Å². The van der Waals surface area contributed by atoms with Gasteiger partial charge in [0.2, 0.25) is 20.1 Å². The van der Waals surface area contributed by atoms with Crippen LogP contribution >= 0.6 is 23.1 Å². The quantitative estimate of drug-likeness (QED) is 0.350. The van der Waals surface area contributed by atoms with Gasteiger partial charge in [-0.05, 0) is 56.8 Å². The molecule has 0 spiro atoms. The molecule has 0 aliphatic heterocycles. The van der Waals surface area contributed by atoms with Crippen molar-refractivity contribution < 1.29 is 13.3 Å². The summed E-state index contributed by atoms with van der Waals surface area (Å²) < 4.78 is 30.5. The van der Waals surface area contributed by atoms with E-state index in [9.17, 15) is 18.5 Å². The van der Waals surface area contributed by atoms with Crippen LogP contribution in [0.4, 0.5) is 5.69 Å². The Hall–Kier alpha value is -2.54. The molecule has 2 aromatic heterocycles. The molecular formula is C18H17N5O4S3. The number of thiazole rings is 1. The zero-order chi connectivity index (χ0) is 21.7. The van der Waals surface area contributed by atoms with Gasteiger partial charge in [-0.1, -0.05) is 23.5 Å². The van der Waals surface area contributed by atoms with Crippen molar-refractivity contribution in [2.24, 2.45) is 0 Å². The molecule has 0 amide bonds. The summed E-state index contributed by atoms with van der Waals surface area (Å²) in [6, 6.07) is 11.6. The second-order valence-corrected chi connectivity index (χ2v) is 11.2. The van der Waals surface area contributed by atoms with Crippen LogP contribution in [0.2, 0.25) is 0 Å². The van der Waals surface area contributed by atoms with E-state index in [0.29, 0.717) is 10.1 Å². The average Bonchev–Trinajstić information content (AvgIpc) is 3.19. The van der Waals surface area contributed by atoms with Gasteiger partial charge in [-0.25, -0.2) is 13.1 Å². The maximum Gasteiger partial charge on any atom is 0.284 e. The second-order valence-electron chi connectivity index (χ2n) is 7.51. The smallest absolute Gasteiger partial charge is 0.260 e. The van der Waals surface area contributed by atoms with Crippen LogP contribution in [-0.4, -0.2) is 33.5 Å². The zero-order valence-corrected chi connectivity index (χ0v) is 18.6. The Kier molecular flexibility index (Phi) is 5.04. The van der Waals surface area contributed by atoms with Crippen molar-refractivity contribution in [3.63, 3.8) is 0 Å². The Morgan fingerprint density at radius 3 is 2.60 bits per heavy atom. The first-order valence-corrected chi connectivity index (χ1v) is 11.9. The second kappa shape index (κ2) is 7.30. The SMILES string of the molecule is CC(C)(C)NS(=O)(=O)c1ccc(Sc2nnc3sc4ccccc4n23)c([N+](=O)[O-])c1. The summed E-state index contributed by atoms with van der Waals surface area (Å²) in [5.41, 5.74) is -0.122. The zero-order valence-electron chi connectivity index (χ0n) is 16.2. The summed E-state index contributed by atoms with van der Waals surface area (Å²) >= 11 is 2.54. The first kappa shape index (κ1) is 20.7. The van der Waals surface area contributed by atoms with Gasteiger partial charge in [-0.3, -0.25) is 14.5 Å². The monoisotopic (exact) mass is 463 g/mol. The highest BCUT2D eigenvalue weighted by Gasteiger charge is 2.26. The van der Waals surface area contributed by atoms with Crippen LogP contribution in [-0.2, 0) is 10.0 Å². The van der Waals surface area contributed by atoms with Crippen LogP contribution < -0.4 is 4.72 Å². The number of hydrogen-bond donors (Lipinski definition) is 1. The Balaban J connectivity index is 1.77. The minimum atomic E-state index is -3.90. The lowest BCUT2D eigenvalue weighted by atomic mass is 10.1. The lowest BCUT2D eigenvalue weighted by molar-refractivity contribution is -0.388. The minimum Gasteiger partial charge on any atom is -0.260 e. The van der Waals surface area contributed by atoms with Gasteiger partial charge in [0.25, 0.3) is 5.69 Å². The van der Waals surface area contributed by atoms with Gasteiger partial charge >= 0.3 is 0 Å². The van der Waals surface area contributed by atoms with E-state index >= 15 is 0 Å². The van der Waals surface area contributed by atoms with Crippen molar-refractivity contribution in [2.75, 3.05) is 0 Å². The van der Waals surface area contributed by atoms with Gasteiger partial charge in [0.15, 0.2) is 0 Å². The molecule has 0 saturated heterocycles. The van der Waals surface area contributed by atoms with Crippen molar-refractivity contribution in [3.8, 4) is 0 Å². The van der Waals surface area contributed by atoms with Gasteiger partial charge in [0, 0.05) is 11.6 Å². The van der Waals surface area contributed by atoms with E-state index in [2.05, 4.69) is 14.9 Å². The van der Waals surface area contributed by atoms with Crippen molar-refractivity contribution in [1.29, 1.82) is 0 Å². The van der Waals surface area contributed by atoms with Gasteiger partial charge in [-0.15, -0.1) is 10.2 Å². The molecule has 0 bridgehead atoms. The third-order valence-electron chi connectivity index (χ3n) is 3.99.